The number of thioether (sulfide) groups is 1. The molecule has 1 aliphatic heterocycles. The van der Waals surface area contributed by atoms with Crippen molar-refractivity contribution >= 4 is 17.0 Å². The van der Waals surface area contributed by atoms with Gasteiger partial charge >= 0.3 is 0 Å². The fourth-order valence-electron chi connectivity index (χ4n) is 2.09. The number of rotatable bonds is 3. The standard InChI is InChI=1S/C14H20N2OS/c1-10(2)8-13-15-9-12(16-14(17)18-13)11-6-4-3-5-7-11/h3-7,10,12-13,15H,8-9H2,1-2H3,(H,16,17)/t12-,13-/m1/s1. The molecule has 4 heteroatoms. The Morgan fingerprint density at radius 1 is 1.33 bits per heavy atom. The number of benzene rings is 1. The maximum atomic E-state index is 11.9. The van der Waals surface area contributed by atoms with Crippen molar-refractivity contribution in [3.63, 3.8) is 0 Å². The molecule has 1 aromatic rings. The third kappa shape index (κ3) is 3.75. The van der Waals surface area contributed by atoms with Crippen LogP contribution in [0.2, 0.25) is 0 Å². The lowest BCUT2D eigenvalue weighted by atomic mass is 10.1. The van der Waals surface area contributed by atoms with Crippen molar-refractivity contribution in [1.29, 1.82) is 0 Å². The van der Waals surface area contributed by atoms with Crippen LogP contribution in [0, 0.1) is 5.92 Å². The summed E-state index contributed by atoms with van der Waals surface area (Å²) in [6.45, 7) is 5.15. The molecule has 0 spiro atoms. The van der Waals surface area contributed by atoms with Gasteiger partial charge in [-0.05, 0) is 29.7 Å². The third-order valence-electron chi connectivity index (χ3n) is 2.98. The van der Waals surface area contributed by atoms with E-state index in [1.54, 1.807) is 0 Å². The zero-order valence-electron chi connectivity index (χ0n) is 10.8. The number of nitrogens with one attached hydrogen (secondary N) is 2. The van der Waals surface area contributed by atoms with Crippen molar-refractivity contribution in [2.24, 2.45) is 5.92 Å². The summed E-state index contributed by atoms with van der Waals surface area (Å²) in [6.07, 6.45) is 1.01. The van der Waals surface area contributed by atoms with Crippen LogP contribution >= 0.6 is 11.8 Å². The van der Waals surface area contributed by atoms with Gasteiger partial charge in [-0.3, -0.25) is 4.79 Å². The minimum atomic E-state index is 0.0690. The molecule has 0 radical (unpaired) electrons. The van der Waals surface area contributed by atoms with Crippen LogP contribution in [-0.2, 0) is 0 Å². The first-order valence-corrected chi connectivity index (χ1v) is 7.28. The molecule has 0 saturated carbocycles. The Morgan fingerprint density at radius 3 is 2.72 bits per heavy atom. The smallest absolute Gasteiger partial charge is 0.281 e. The number of carbonyl (C=O) groups excluding carboxylic acids is 1. The van der Waals surface area contributed by atoms with Gasteiger partial charge in [0.15, 0.2) is 0 Å². The van der Waals surface area contributed by atoms with E-state index < -0.39 is 0 Å². The molecule has 1 aliphatic rings. The van der Waals surface area contributed by atoms with Crippen LogP contribution in [0.25, 0.3) is 0 Å². The van der Waals surface area contributed by atoms with E-state index in [-0.39, 0.29) is 16.7 Å². The Balaban J connectivity index is 2.02. The van der Waals surface area contributed by atoms with Gasteiger partial charge in [0.05, 0.1) is 11.4 Å². The molecule has 1 saturated heterocycles. The topological polar surface area (TPSA) is 41.1 Å². The Labute approximate surface area is 113 Å². The van der Waals surface area contributed by atoms with Crippen LogP contribution < -0.4 is 10.6 Å². The Morgan fingerprint density at radius 2 is 2.06 bits per heavy atom. The highest BCUT2D eigenvalue weighted by Gasteiger charge is 2.24. The van der Waals surface area contributed by atoms with Gasteiger partial charge in [0.2, 0.25) is 0 Å². The van der Waals surface area contributed by atoms with Gasteiger partial charge in [-0.15, -0.1) is 0 Å². The second-order valence-electron chi connectivity index (χ2n) is 5.04. The highest BCUT2D eigenvalue weighted by atomic mass is 32.2. The predicted molar refractivity (Wildman–Crippen MR) is 76.6 cm³/mol. The molecule has 2 atom stereocenters. The molecule has 98 valence electrons. The first-order chi connectivity index (χ1) is 8.65. The Bertz CT molecular complexity index is 394. The van der Waals surface area contributed by atoms with E-state index >= 15 is 0 Å². The SMILES string of the molecule is CC(C)C[C@@H]1NC[C@H](c2ccccc2)NC(=O)S1. The van der Waals surface area contributed by atoms with Gasteiger partial charge in [-0.2, -0.15) is 0 Å². The molecular formula is C14H20N2OS. The van der Waals surface area contributed by atoms with Crippen molar-refractivity contribution in [2.45, 2.75) is 31.7 Å². The quantitative estimate of drug-likeness (QED) is 0.881. The maximum Gasteiger partial charge on any atom is 0.281 e. The summed E-state index contributed by atoms with van der Waals surface area (Å²) in [4.78, 5) is 11.9. The summed E-state index contributed by atoms with van der Waals surface area (Å²) in [7, 11) is 0. The molecule has 1 amide bonds. The Hall–Kier alpha value is -1.000. The Kier molecular flexibility index (Phi) is 4.66. The second-order valence-corrected chi connectivity index (χ2v) is 6.21. The maximum absolute atomic E-state index is 11.9. The van der Waals surface area contributed by atoms with Crippen molar-refractivity contribution in [3.8, 4) is 0 Å². The monoisotopic (exact) mass is 264 g/mol. The summed E-state index contributed by atoms with van der Waals surface area (Å²) in [5, 5.41) is 6.82. The van der Waals surface area contributed by atoms with Crippen LogP contribution in [0.4, 0.5) is 4.79 Å². The lowest BCUT2D eigenvalue weighted by Gasteiger charge is -2.17. The third-order valence-corrected chi connectivity index (χ3v) is 3.95. The lowest BCUT2D eigenvalue weighted by Crippen LogP contribution is -2.32. The zero-order valence-corrected chi connectivity index (χ0v) is 11.7. The van der Waals surface area contributed by atoms with Gasteiger partial charge in [-0.1, -0.05) is 44.2 Å². The van der Waals surface area contributed by atoms with E-state index in [2.05, 4.69) is 36.6 Å². The van der Waals surface area contributed by atoms with Gasteiger partial charge in [0.25, 0.3) is 5.24 Å². The average molecular weight is 264 g/mol. The minimum Gasteiger partial charge on any atom is -0.339 e. The minimum absolute atomic E-state index is 0.0690. The van der Waals surface area contributed by atoms with Crippen LogP contribution in [0.1, 0.15) is 31.9 Å². The lowest BCUT2D eigenvalue weighted by molar-refractivity contribution is 0.258. The van der Waals surface area contributed by atoms with Crippen LogP contribution in [0.15, 0.2) is 30.3 Å². The predicted octanol–water partition coefficient (Wildman–Crippen LogP) is 3.15. The van der Waals surface area contributed by atoms with E-state index in [1.807, 2.05) is 18.2 Å². The highest BCUT2D eigenvalue weighted by Crippen LogP contribution is 2.23. The average Bonchev–Trinajstić information content (AvgIpc) is 2.51. The molecule has 18 heavy (non-hydrogen) atoms. The second kappa shape index (κ2) is 6.25. The molecule has 0 unspecified atom stereocenters. The summed E-state index contributed by atoms with van der Waals surface area (Å²) >= 11 is 1.37. The van der Waals surface area contributed by atoms with Crippen LogP contribution in [0.3, 0.4) is 0 Å². The number of hydrogen-bond acceptors (Lipinski definition) is 3. The zero-order chi connectivity index (χ0) is 13.0. The highest BCUT2D eigenvalue weighted by molar-refractivity contribution is 8.14. The molecule has 3 nitrogen and oxygen atoms in total. The molecular weight excluding hydrogens is 244 g/mol. The first kappa shape index (κ1) is 13.4. The number of hydrogen-bond donors (Lipinski definition) is 2. The van der Waals surface area contributed by atoms with E-state index in [1.165, 1.54) is 11.8 Å². The summed E-state index contributed by atoms with van der Waals surface area (Å²) < 4.78 is 0. The van der Waals surface area contributed by atoms with Gasteiger partial charge in [0, 0.05) is 6.54 Å². The molecule has 2 N–H and O–H groups in total. The summed E-state index contributed by atoms with van der Waals surface area (Å²) in [6, 6.07) is 10.2. The van der Waals surface area contributed by atoms with Gasteiger partial charge < -0.3 is 10.6 Å². The molecule has 2 rings (SSSR count). The largest absolute Gasteiger partial charge is 0.339 e. The number of amides is 1. The number of carbonyl (C=O) groups is 1. The fourth-order valence-corrected chi connectivity index (χ4v) is 3.22. The van der Waals surface area contributed by atoms with Crippen LogP contribution in [0.5, 0.6) is 0 Å². The summed E-state index contributed by atoms with van der Waals surface area (Å²) in [5.41, 5.74) is 1.16. The molecule has 0 aromatic heterocycles. The van der Waals surface area contributed by atoms with Crippen molar-refractivity contribution in [1.82, 2.24) is 10.6 Å². The normalized spacial score (nSPS) is 24.7. The van der Waals surface area contributed by atoms with Crippen molar-refractivity contribution in [2.75, 3.05) is 6.54 Å². The van der Waals surface area contributed by atoms with E-state index in [4.69, 9.17) is 0 Å². The van der Waals surface area contributed by atoms with Crippen molar-refractivity contribution < 1.29 is 4.79 Å². The van der Waals surface area contributed by atoms with E-state index in [0.29, 0.717) is 5.92 Å². The van der Waals surface area contributed by atoms with E-state index in [0.717, 1.165) is 18.5 Å². The fraction of sp³-hybridized carbons (Fsp3) is 0.500. The van der Waals surface area contributed by atoms with Crippen LogP contribution in [-0.4, -0.2) is 17.2 Å². The molecule has 1 aromatic carbocycles. The van der Waals surface area contributed by atoms with E-state index in [9.17, 15) is 4.79 Å². The van der Waals surface area contributed by atoms with Gasteiger partial charge in [-0.25, -0.2) is 0 Å². The molecule has 1 heterocycles. The molecule has 0 aliphatic carbocycles. The first-order valence-electron chi connectivity index (χ1n) is 6.40. The van der Waals surface area contributed by atoms with Gasteiger partial charge in [0.1, 0.15) is 0 Å². The van der Waals surface area contributed by atoms with Crippen molar-refractivity contribution in [3.05, 3.63) is 35.9 Å². The molecule has 0 bridgehead atoms. The summed E-state index contributed by atoms with van der Waals surface area (Å²) in [5.74, 6) is 0.594. The molecule has 1 fully saturated rings.